The van der Waals surface area contributed by atoms with Gasteiger partial charge >= 0.3 is 0 Å². The van der Waals surface area contributed by atoms with E-state index in [0.717, 1.165) is 69.2 Å². The van der Waals surface area contributed by atoms with Crippen LogP contribution >= 0.6 is 0 Å². The first kappa shape index (κ1) is 24.3. The molecule has 2 aromatic carbocycles. The SMILES string of the molecule is COc1ccc(CCn2c(C)c(C)c3c2ncn2nc(CO/N=C(/C)c4ccccc4)nc32)cc1OC. The zero-order chi connectivity index (χ0) is 25.9. The van der Waals surface area contributed by atoms with E-state index in [9.17, 15) is 0 Å². The van der Waals surface area contributed by atoms with Crippen molar-refractivity contribution in [2.24, 2.45) is 5.16 Å². The molecule has 0 saturated carbocycles. The highest BCUT2D eigenvalue weighted by Crippen LogP contribution is 2.30. The second kappa shape index (κ2) is 10.3. The Kier molecular flexibility index (Phi) is 6.76. The third-order valence-corrected chi connectivity index (χ3v) is 6.65. The number of fused-ring (bicyclic) bond motifs is 3. The highest BCUT2D eigenvalue weighted by molar-refractivity contribution is 5.98. The van der Waals surface area contributed by atoms with E-state index in [1.165, 1.54) is 0 Å². The molecule has 0 spiro atoms. The van der Waals surface area contributed by atoms with E-state index in [1.54, 1.807) is 25.1 Å². The molecule has 0 N–H and O–H groups in total. The molecule has 9 nitrogen and oxygen atoms in total. The lowest BCUT2D eigenvalue weighted by Gasteiger charge is -2.11. The molecule has 0 radical (unpaired) electrons. The molecule has 0 aliphatic carbocycles. The molecule has 0 fully saturated rings. The van der Waals surface area contributed by atoms with E-state index >= 15 is 0 Å². The molecule has 0 saturated heterocycles. The standard InChI is InChI=1S/C28H30N6O3/c1-18-20(3)33(14-13-21-11-12-23(35-4)24(15-21)36-5)27-26(18)28-30-25(31-34(28)17-29-27)16-37-32-19(2)22-9-7-6-8-10-22/h6-12,15,17H,13-14,16H2,1-5H3/b32-19-. The van der Waals surface area contributed by atoms with E-state index in [4.69, 9.17) is 24.3 Å². The van der Waals surface area contributed by atoms with Gasteiger partial charge < -0.3 is 18.9 Å². The Balaban J connectivity index is 1.38. The highest BCUT2D eigenvalue weighted by Gasteiger charge is 2.18. The average molecular weight is 499 g/mol. The van der Waals surface area contributed by atoms with Crippen LogP contribution in [0.4, 0.5) is 0 Å². The minimum atomic E-state index is 0.172. The van der Waals surface area contributed by atoms with E-state index in [-0.39, 0.29) is 6.61 Å². The van der Waals surface area contributed by atoms with Crippen LogP contribution in [-0.4, -0.2) is 44.1 Å². The number of nitrogens with zero attached hydrogens (tertiary/aromatic N) is 6. The first-order valence-corrected chi connectivity index (χ1v) is 12.1. The number of rotatable bonds is 9. The van der Waals surface area contributed by atoms with Gasteiger partial charge in [-0.1, -0.05) is 41.6 Å². The summed E-state index contributed by atoms with van der Waals surface area (Å²) in [7, 11) is 3.29. The Morgan fingerprint density at radius 3 is 2.51 bits per heavy atom. The number of methoxy groups -OCH3 is 2. The molecule has 0 aliphatic rings. The first-order valence-electron chi connectivity index (χ1n) is 12.1. The third-order valence-electron chi connectivity index (χ3n) is 6.65. The normalized spacial score (nSPS) is 11.9. The molecule has 0 aliphatic heterocycles. The number of aryl methyl sites for hydroxylation is 3. The van der Waals surface area contributed by atoms with Gasteiger partial charge in [0.05, 0.1) is 25.3 Å². The number of aromatic nitrogens is 5. The molecule has 5 rings (SSSR count). The molecule has 9 heteroatoms. The van der Waals surface area contributed by atoms with Crippen LogP contribution in [0.2, 0.25) is 0 Å². The lowest BCUT2D eigenvalue weighted by Crippen LogP contribution is -2.05. The van der Waals surface area contributed by atoms with Crippen LogP contribution in [0.1, 0.15) is 35.1 Å². The van der Waals surface area contributed by atoms with Gasteiger partial charge in [-0.3, -0.25) is 0 Å². The fourth-order valence-electron chi connectivity index (χ4n) is 4.51. The predicted molar refractivity (Wildman–Crippen MR) is 142 cm³/mol. The van der Waals surface area contributed by atoms with E-state index < -0.39 is 0 Å². The van der Waals surface area contributed by atoms with Crippen LogP contribution in [0.15, 0.2) is 60.0 Å². The molecule has 37 heavy (non-hydrogen) atoms. The van der Waals surface area contributed by atoms with Crippen molar-refractivity contribution < 1.29 is 14.3 Å². The Hall–Kier alpha value is -4.40. The number of benzene rings is 2. The second-order valence-corrected chi connectivity index (χ2v) is 8.86. The second-order valence-electron chi connectivity index (χ2n) is 8.86. The zero-order valence-electron chi connectivity index (χ0n) is 21.7. The lowest BCUT2D eigenvalue weighted by atomic mass is 10.1. The minimum absolute atomic E-state index is 0.172. The van der Waals surface area contributed by atoms with Gasteiger partial charge in [-0.2, -0.15) is 0 Å². The molecule has 0 amide bonds. The summed E-state index contributed by atoms with van der Waals surface area (Å²) in [5, 5.41) is 9.78. The molecule has 0 atom stereocenters. The average Bonchev–Trinajstić information content (AvgIpc) is 3.45. The molecular formula is C28H30N6O3. The summed E-state index contributed by atoms with van der Waals surface area (Å²) in [5.74, 6) is 2.00. The number of oxime groups is 1. The van der Waals surface area contributed by atoms with Crippen LogP contribution in [0.25, 0.3) is 16.7 Å². The summed E-state index contributed by atoms with van der Waals surface area (Å²) in [4.78, 5) is 15.1. The summed E-state index contributed by atoms with van der Waals surface area (Å²) in [6, 6.07) is 15.9. The van der Waals surface area contributed by atoms with E-state index in [1.807, 2.05) is 49.4 Å². The molecular weight excluding hydrogens is 468 g/mol. The maximum Gasteiger partial charge on any atom is 0.192 e. The van der Waals surface area contributed by atoms with Gasteiger partial charge in [0.2, 0.25) is 0 Å². The molecule has 0 bridgehead atoms. The Bertz CT molecular complexity index is 1590. The fraction of sp³-hybridized carbons (Fsp3) is 0.286. The van der Waals surface area contributed by atoms with Crippen LogP contribution in [0.3, 0.4) is 0 Å². The summed E-state index contributed by atoms with van der Waals surface area (Å²) in [5.41, 5.74) is 6.91. The largest absolute Gasteiger partial charge is 0.493 e. The van der Waals surface area contributed by atoms with Gasteiger partial charge in [0, 0.05) is 12.2 Å². The maximum atomic E-state index is 5.56. The third kappa shape index (κ3) is 4.72. The van der Waals surface area contributed by atoms with Crippen molar-refractivity contribution in [3.05, 3.63) is 83.1 Å². The fourth-order valence-corrected chi connectivity index (χ4v) is 4.51. The van der Waals surface area contributed by atoms with Gasteiger partial charge in [0.1, 0.15) is 12.0 Å². The van der Waals surface area contributed by atoms with Crippen molar-refractivity contribution in [3.63, 3.8) is 0 Å². The Morgan fingerprint density at radius 2 is 1.76 bits per heavy atom. The molecule has 3 aromatic heterocycles. The van der Waals surface area contributed by atoms with Crippen molar-refractivity contribution in [2.75, 3.05) is 14.2 Å². The molecule has 0 unspecified atom stereocenters. The van der Waals surface area contributed by atoms with Gasteiger partial charge in [0.15, 0.2) is 29.6 Å². The number of hydrogen-bond acceptors (Lipinski definition) is 7. The smallest absolute Gasteiger partial charge is 0.192 e. The van der Waals surface area contributed by atoms with Crippen molar-refractivity contribution in [2.45, 2.75) is 40.3 Å². The first-order chi connectivity index (χ1) is 18.0. The van der Waals surface area contributed by atoms with E-state index in [2.05, 4.69) is 34.7 Å². The monoisotopic (exact) mass is 498 g/mol. The van der Waals surface area contributed by atoms with Crippen LogP contribution < -0.4 is 9.47 Å². The summed E-state index contributed by atoms with van der Waals surface area (Å²) < 4.78 is 14.8. The Morgan fingerprint density at radius 1 is 0.973 bits per heavy atom. The maximum absolute atomic E-state index is 5.56. The summed E-state index contributed by atoms with van der Waals surface area (Å²) >= 11 is 0. The topological polar surface area (TPSA) is 88.1 Å². The molecule has 190 valence electrons. The minimum Gasteiger partial charge on any atom is -0.493 e. The summed E-state index contributed by atoms with van der Waals surface area (Å²) in [6.07, 6.45) is 2.53. The summed E-state index contributed by atoms with van der Waals surface area (Å²) in [6.45, 7) is 7.07. The van der Waals surface area contributed by atoms with Gasteiger partial charge in [0.25, 0.3) is 0 Å². The van der Waals surface area contributed by atoms with Gasteiger partial charge in [-0.15, -0.1) is 5.10 Å². The van der Waals surface area contributed by atoms with Crippen LogP contribution in [0.5, 0.6) is 11.5 Å². The quantitative estimate of drug-likeness (QED) is 0.212. The number of hydrogen-bond donors (Lipinski definition) is 0. The Labute approximate surface area is 215 Å². The van der Waals surface area contributed by atoms with Crippen molar-refractivity contribution >= 4 is 22.4 Å². The predicted octanol–water partition coefficient (Wildman–Crippen LogP) is 4.90. The highest BCUT2D eigenvalue weighted by atomic mass is 16.6. The lowest BCUT2D eigenvalue weighted by molar-refractivity contribution is 0.125. The van der Waals surface area contributed by atoms with Gasteiger partial charge in [-0.25, -0.2) is 14.5 Å². The van der Waals surface area contributed by atoms with Crippen molar-refractivity contribution in [1.82, 2.24) is 24.1 Å². The van der Waals surface area contributed by atoms with Crippen LogP contribution in [-0.2, 0) is 24.4 Å². The van der Waals surface area contributed by atoms with Crippen molar-refractivity contribution in [3.8, 4) is 11.5 Å². The molecule has 5 aromatic rings. The van der Waals surface area contributed by atoms with E-state index in [0.29, 0.717) is 5.82 Å². The van der Waals surface area contributed by atoms with Crippen LogP contribution in [0, 0.1) is 13.8 Å². The zero-order valence-corrected chi connectivity index (χ0v) is 21.7. The molecule has 3 heterocycles. The van der Waals surface area contributed by atoms with Crippen molar-refractivity contribution in [1.29, 1.82) is 0 Å². The van der Waals surface area contributed by atoms with Gasteiger partial charge in [-0.05, 0) is 56.0 Å². The number of ether oxygens (including phenoxy) is 2.